The van der Waals surface area contributed by atoms with Crippen LogP contribution in [0.5, 0.6) is 34.5 Å². The number of hydrogen-bond acceptors (Lipinski definition) is 6. The smallest absolute Gasteiger partial charge is 0.119 e. The van der Waals surface area contributed by atoms with Crippen molar-refractivity contribution in [2.45, 2.75) is 193 Å². The second kappa shape index (κ2) is 37.2. The van der Waals surface area contributed by atoms with Crippen molar-refractivity contribution in [1.29, 1.82) is 0 Å². The Morgan fingerprint density at radius 1 is 0.150 bits per heavy atom. The number of ether oxygens (including phenoxy) is 6. The lowest BCUT2D eigenvalue weighted by molar-refractivity contribution is 0.303. The predicted octanol–water partition coefficient (Wildman–Crippen LogP) is 17.9. The van der Waals surface area contributed by atoms with Crippen molar-refractivity contribution in [1.82, 2.24) is 0 Å². The number of benzene rings is 6. The van der Waals surface area contributed by atoms with Crippen molar-refractivity contribution >= 4 is 47.7 Å². The van der Waals surface area contributed by atoms with Gasteiger partial charge < -0.3 is 28.4 Å². The van der Waals surface area contributed by atoms with E-state index >= 15 is 0 Å². The molecule has 8 heteroatoms. The molecule has 0 saturated heterocycles. The van der Waals surface area contributed by atoms with Crippen LogP contribution in [0.4, 0.5) is 0 Å². The SMILES string of the molecule is c1cc2ccc1OCCCCCCCCCCCCOc1ccc(cc1)P1c3ccc(cc3)OCCCCCCCCCCCCOc3ccc(cc3)P2c2ccc(cc2)OCCCCCCCCCCCCOc2ccc1cc2. The summed E-state index contributed by atoms with van der Waals surface area (Å²) >= 11 is 0. The van der Waals surface area contributed by atoms with Gasteiger partial charge in [-0.25, -0.2) is 0 Å². The fourth-order valence-electron chi connectivity index (χ4n) is 11.0. The Labute approximate surface area is 486 Å². The van der Waals surface area contributed by atoms with Crippen molar-refractivity contribution < 1.29 is 28.4 Å². The average Bonchev–Trinajstić information content (AvgIpc) is 3.53. The maximum atomic E-state index is 6.30. The highest BCUT2D eigenvalue weighted by Crippen LogP contribution is 2.37. The summed E-state index contributed by atoms with van der Waals surface area (Å²) in [6.45, 7) is 4.58. The Bertz CT molecular complexity index is 2050. The fourth-order valence-corrected chi connectivity index (χ4v) is 15.5. The molecule has 27 aliphatic rings. The van der Waals surface area contributed by atoms with Crippen LogP contribution in [0.3, 0.4) is 0 Å². The van der Waals surface area contributed by atoms with E-state index in [4.69, 9.17) is 28.4 Å². The van der Waals surface area contributed by atoms with E-state index in [-0.39, 0.29) is 0 Å². The largest absolute Gasteiger partial charge is 0.494 e. The minimum Gasteiger partial charge on any atom is -0.494 e. The second-order valence-electron chi connectivity index (χ2n) is 22.3. The minimum atomic E-state index is -0.787. The van der Waals surface area contributed by atoms with Crippen molar-refractivity contribution in [3.63, 3.8) is 0 Å². The van der Waals surface area contributed by atoms with Crippen molar-refractivity contribution in [2.24, 2.45) is 0 Å². The van der Waals surface area contributed by atoms with Gasteiger partial charge in [0.25, 0.3) is 0 Å². The molecule has 33 rings (SSSR count). The zero-order valence-electron chi connectivity index (χ0n) is 48.7. The molecule has 27 heterocycles. The molecule has 0 amide bonds. The molecule has 0 spiro atoms. The highest BCUT2D eigenvalue weighted by molar-refractivity contribution is 7.80. The Hall–Kier alpha value is -5.02. The molecule has 6 nitrogen and oxygen atoms in total. The molecule has 6 aromatic rings. The van der Waals surface area contributed by atoms with Crippen LogP contribution >= 0.6 is 15.8 Å². The van der Waals surface area contributed by atoms with E-state index in [1.165, 1.54) is 186 Å². The first-order chi connectivity index (χ1) is 39.7. The quantitative estimate of drug-likeness (QED) is 0.141. The van der Waals surface area contributed by atoms with E-state index in [1.807, 2.05) is 0 Å². The van der Waals surface area contributed by atoms with Crippen molar-refractivity contribution in [3.8, 4) is 34.5 Å². The molecule has 80 heavy (non-hydrogen) atoms. The minimum absolute atomic E-state index is 0.764. The van der Waals surface area contributed by atoms with Crippen LogP contribution in [-0.2, 0) is 0 Å². The number of rotatable bonds is 0. The van der Waals surface area contributed by atoms with Gasteiger partial charge in [-0.2, -0.15) is 0 Å². The zero-order valence-corrected chi connectivity index (χ0v) is 50.4. The van der Waals surface area contributed by atoms with Crippen LogP contribution in [0.2, 0.25) is 0 Å². The van der Waals surface area contributed by atoms with Gasteiger partial charge in [-0.05, 0) is 159 Å². The molecule has 0 saturated carbocycles. The van der Waals surface area contributed by atoms with Gasteiger partial charge in [0, 0.05) is 0 Å². The van der Waals surface area contributed by atoms with E-state index in [2.05, 4.69) is 146 Å². The lowest BCUT2D eigenvalue weighted by Crippen LogP contribution is -2.20. The van der Waals surface area contributed by atoms with E-state index in [9.17, 15) is 0 Å². The zero-order chi connectivity index (χ0) is 54.8. The molecule has 430 valence electrons. The molecule has 27 aliphatic heterocycles. The summed E-state index contributed by atoms with van der Waals surface area (Å²) in [5.74, 6) is 5.73. The molecular formula is C72H96O6P2. The van der Waals surface area contributed by atoms with Gasteiger partial charge in [0.2, 0.25) is 0 Å². The maximum Gasteiger partial charge on any atom is 0.119 e. The summed E-state index contributed by atoms with van der Waals surface area (Å²) in [5.41, 5.74) is 0. The van der Waals surface area contributed by atoms with Gasteiger partial charge in [0.05, 0.1) is 39.6 Å². The Kier molecular flexibility index (Phi) is 28.4. The summed E-state index contributed by atoms with van der Waals surface area (Å²) in [6.07, 6.45) is 37.2. The second-order valence-corrected chi connectivity index (χ2v) is 26.8. The standard InChI is InChI=1S/C72H96O6P2/c1-2-8-14-20-26-56-74-62-33-45-68(46-34-62)80-71-51-39-65(40-52-71)77-59-29-23-17-11-5-3-9-15-21-27-57-75-63-35-47-69(48-36-63)79(67-43-31-61(32-44-67)73-55-25-19-13-7-1)70-49-37-64(38-50-70)76-58-28-22-16-10-4-6-12-18-24-30-60-78-66-41-53-72(80)54-42-66/h31-54H,1-30,55-60H2. The molecule has 0 atom stereocenters. The summed E-state index contributed by atoms with van der Waals surface area (Å²) in [4.78, 5) is 0. The summed E-state index contributed by atoms with van der Waals surface area (Å²) in [6, 6.07) is 53.5. The Morgan fingerprint density at radius 2 is 0.263 bits per heavy atom. The van der Waals surface area contributed by atoms with Gasteiger partial charge in [-0.15, -0.1) is 0 Å². The topological polar surface area (TPSA) is 55.4 Å². The molecule has 0 unspecified atom stereocenters. The van der Waals surface area contributed by atoms with Gasteiger partial charge in [0.15, 0.2) is 0 Å². The monoisotopic (exact) mass is 1120 g/mol. The third-order valence-electron chi connectivity index (χ3n) is 15.8. The average molecular weight is 1120 g/mol. The van der Waals surface area contributed by atoms with E-state index < -0.39 is 15.8 Å². The van der Waals surface area contributed by atoms with E-state index in [0.29, 0.717) is 0 Å². The third kappa shape index (κ3) is 22.4. The number of hydrogen-bond donors (Lipinski definition) is 0. The van der Waals surface area contributed by atoms with Crippen LogP contribution in [-0.4, -0.2) is 39.6 Å². The summed E-state index contributed by atoms with van der Waals surface area (Å²) in [5, 5.41) is 7.89. The third-order valence-corrected chi connectivity index (χ3v) is 20.7. The molecule has 14 bridgehead atoms. The molecule has 0 radical (unpaired) electrons. The molecule has 0 aromatic heterocycles. The molecule has 0 N–H and O–H groups in total. The highest BCUT2D eigenvalue weighted by atomic mass is 31.1. The fraction of sp³-hybridized carbons (Fsp3) is 0.500. The summed E-state index contributed by atoms with van der Waals surface area (Å²) in [7, 11) is -1.57. The molecular weight excluding hydrogens is 1020 g/mol. The van der Waals surface area contributed by atoms with Crippen LogP contribution in [0.15, 0.2) is 146 Å². The van der Waals surface area contributed by atoms with Crippen molar-refractivity contribution in [2.75, 3.05) is 39.6 Å². The lowest BCUT2D eigenvalue weighted by Gasteiger charge is -2.20. The summed E-state index contributed by atoms with van der Waals surface area (Å²) < 4.78 is 37.8. The highest BCUT2D eigenvalue weighted by Gasteiger charge is 2.20. The van der Waals surface area contributed by atoms with E-state index in [1.54, 1.807) is 0 Å². The first-order valence-corrected chi connectivity index (χ1v) is 34.4. The van der Waals surface area contributed by atoms with E-state index in [0.717, 1.165) is 113 Å². The first kappa shape index (κ1) is 61.1. The van der Waals surface area contributed by atoms with Gasteiger partial charge >= 0.3 is 0 Å². The first-order valence-electron chi connectivity index (χ1n) is 31.7. The van der Waals surface area contributed by atoms with Crippen LogP contribution in [0.1, 0.15) is 193 Å². The molecule has 6 aromatic carbocycles. The van der Waals surface area contributed by atoms with Gasteiger partial charge in [0.1, 0.15) is 34.5 Å². The van der Waals surface area contributed by atoms with Crippen LogP contribution in [0.25, 0.3) is 0 Å². The normalized spacial score (nSPS) is 19.8. The van der Waals surface area contributed by atoms with Crippen LogP contribution < -0.4 is 60.2 Å². The van der Waals surface area contributed by atoms with Crippen molar-refractivity contribution in [3.05, 3.63) is 146 Å². The van der Waals surface area contributed by atoms with Gasteiger partial charge in [-0.3, -0.25) is 0 Å². The maximum absolute atomic E-state index is 6.30. The Morgan fingerprint density at radius 3 is 0.388 bits per heavy atom. The predicted molar refractivity (Wildman–Crippen MR) is 342 cm³/mol. The molecule has 0 fully saturated rings. The lowest BCUT2D eigenvalue weighted by atomic mass is 10.1. The molecule has 0 aliphatic carbocycles. The van der Waals surface area contributed by atoms with Gasteiger partial charge in [-0.1, -0.05) is 227 Å². The Balaban J connectivity index is 0.921. The van der Waals surface area contributed by atoms with Crippen LogP contribution in [0, 0.1) is 0 Å².